The third-order valence-corrected chi connectivity index (χ3v) is 2.44. The molecule has 2 heterocycles. The molecule has 0 saturated carbocycles. The van der Waals surface area contributed by atoms with Gasteiger partial charge in [0.15, 0.2) is 11.6 Å². The maximum absolute atomic E-state index is 5.88. The largest absolute Gasteiger partial charge is 0.381 e. The Kier molecular flexibility index (Phi) is 2.39. The van der Waals surface area contributed by atoms with E-state index in [4.69, 9.17) is 17.3 Å². The van der Waals surface area contributed by atoms with Crippen LogP contribution >= 0.6 is 27.5 Å². The molecule has 2 aromatic heterocycles. The van der Waals surface area contributed by atoms with Crippen molar-refractivity contribution in [3.8, 4) is 5.82 Å². The van der Waals surface area contributed by atoms with Crippen LogP contribution in [0.3, 0.4) is 0 Å². The Morgan fingerprint density at radius 1 is 1.50 bits per heavy atom. The first-order chi connectivity index (χ1) is 6.68. The molecule has 0 atom stereocenters. The Balaban J connectivity index is 2.55. The van der Waals surface area contributed by atoms with E-state index in [9.17, 15) is 0 Å². The first kappa shape index (κ1) is 9.42. The van der Waals surface area contributed by atoms with Gasteiger partial charge in [0.25, 0.3) is 0 Å². The molecule has 0 aromatic carbocycles. The number of hydrogen-bond donors (Lipinski definition) is 1. The van der Waals surface area contributed by atoms with E-state index in [-0.39, 0.29) is 0 Å². The lowest BCUT2D eigenvalue weighted by molar-refractivity contribution is 0.844. The zero-order chi connectivity index (χ0) is 10.1. The van der Waals surface area contributed by atoms with E-state index in [0.29, 0.717) is 21.1 Å². The molecule has 5 nitrogen and oxygen atoms in total. The van der Waals surface area contributed by atoms with Gasteiger partial charge in [-0.3, -0.25) is 0 Å². The molecule has 0 fully saturated rings. The minimum absolute atomic E-state index is 0.389. The number of anilines is 1. The summed E-state index contributed by atoms with van der Waals surface area (Å²) in [6, 6.07) is 0. The normalized spacial score (nSPS) is 10.4. The van der Waals surface area contributed by atoms with Crippen molar-refractivity contribution < 1.29 is 0 Å². The topological polar surface area (TPSA) is 69.6 Å². The number of nitrogen functional groups attached to an aromatic ring is 1. The summed E-state index contributed by atoms with van der Waals surface area (Å²) in [6.07, 6.45) is 4.58. The minimum Gasteiger partial charge on any atom is -0.381 e. The van der Waals surface area contributed by atoms with Crippen LogP contribution in [-0.4, -0.2) is 19.7 Å². The zero-order valence-electron chi connectivity index (χ0n) is 6.85. The van der Waals surface area contributed by atoms with Gasteiger partial charge in [0.1, 0.15) is 11.3 Å². The van der Waals surface area contributed by atoms with Crippen molar-refractivity contribution in [3.63, 3.8) is 0 Å². The molecule has 72 valence electrons. The number of halogens is 2. The lowest BCUT2D eigenvalue weighted by atomic mass is 10.6. The molecular formula is C7H5BrClN5. The highest BCUT2D eigenvalue weighted by Gasteiger charge is 2.08. The summed E-state index contributed by atoms with van der Waals surface area (Å²) in [4.78, 5) is 7.76. The van der Waals surface area contributed by atoms with Crippen molar-refractivity contribution in [3.05, 3.63) is 28.2 Å². The van der Waals surface area contributed by atoms with Crippen molar-refractivity contribution in [1.82, 2.24) is 19.7 Å². The Labute approximate surface area is 93.0 Å². The van der Waals surface area contributed by atoms with Crippen LogP contribution in [0.25, 0.3) is 5.82 Å². The molecule has 0 radical (unpaired) electrons. The van der Waals surface area contributed by atoms with Crippen molar-refractivity contribution in [2.75, 3.05) is 5.73 Å². The summed E-state index contributed by atoms with van der Waals surface area (Å²) in [5.74, 6) is 0.888. The van der Waals surface area contributed by atoms with Crippen LogP contribution in [0.2, 0.25) is 5.02 Å². The van der Waals surface area contributed by atoms with Crippen LogP contribution in [-0.2, 0) is 0 Å². The van der Waals surface area contributed by atoms with Gasteiger partial charge in [-0.2, -0.15) is 0 Å². The fourth-order valence-corrected chi connectivity index (χ4v) is 1.41. The quantitative estimate of drug-likeness (QED) is 0.858. The third kappa shape index (κ3) is 1.58. The Morgan fingerprint density at radius 3 is 2.86 bits per heavy atom. The van der Waals surface area contributed by atoms with Crippen molar-refractivity contribution in [2.24, 2.45) is 0 Å². The van der Waals surface area contributed by atoms with Gasteiger partial charge in [-0.25, -0.2) is 14.6 Å². The summed E-state index contributed by atoms with van der Waals surface area (Å²) in [5.41, 5.74) is 5.56. The monoisotopic (exact) mass is 273 g/mol. The molecule has 0 aliphatic carbocycles. The molecule has 0 aliphatic rings. The molecule has 0 spiro atoms. The van der Waals surface area contributed by atoms with E-state index < -0.39 is 0 Å². The number of nitrogens with two attached hydrogens (primary N) is 1. The molecule has 0 bridgehead atoms. The molecule has 0 aliphatic heterocycles. The first-order valence-electron chi connectivity index (χ1n) is 3.65. The van der Waals surface area contributed by atoms with Gasteiger partial charge in [-0.05, 0) is 15.9 Å². The molecule has 14 heavy (non-hydrogen) atoms. The van der Waals surface area contributed by atoms with E-state index in [1.165, 1.54) is 17.2 Å². The summed E-state index contributed by atoms with van der Waals surface area (Å²) in [7, 11) is 0. The van der Waals surface area contributed by atoms with Gasteiger partial charge in [-0.15, -0.1) is 5.10 Å². The third-order valence-electron chi connectivity index (χ3n) is 1.56. The molecule has 2 rings (SSSR count). The number of rotatable bonds is 1. The van der Waals surface area contributed by atoms with Crippen LogP contribution < -0.4 is 5.73 Å². The van der Waals surface area contributed by atoms with Crippen molar-refractivity contribution in [2.45, 2.75) is 0 Å². The number of nitrogens with zero attached hydrogens (tertiary/aromatic N) is 4. The average molecular weight is 275 g/mol. The van der Waals surface area contributed by atoms with E-state index in [1.54, 1.807) is 6.20 Å². The van der Waals surface area contributed by atoms with Crippen LogP contribution in [0, 0.1) is 0 Å². The molecule has 2 aromatic rings. The highest BCUT2D eigenvalue weighted by atomic mass is 79.9. The fraction of sp³-hybridized carbons (Fsp3) is 0. The SMILES string of the molecule is Nc1nn(-c2ncncc2Cl)cc1Br. The maximum Gasteiger partial charge on any atom is 0.175 e. The standard InChI is InChI=1S/C7H5BrClN5/c8-4-2-14(13-6(4)10)7-5(9)1-11-3-12-7/h1-3H,(H2,10,13). The molecule has 0 amide bonds. The second-order valence-corrected chi connectivity index (χ2v) is 3.76. The molecule has 7 heteroatoms. The van der Waals surface area contributed by atoms with E-state index in [1.807, 2.05) is 0 Å². The molecular weight excluding hydrogens is 269 g/mol. The van der Waals surface area contributed by atoms with Gasteiger partial charge in [0.05, 0.1) is 10.7 Å². The highest BCUT2D eigenvalue weighted by molar-refractivity contribution is 9.10. The zero-order valence-corrected chi connectivity index (χ0v) is 9.20. The van der Waals surface area contributed by atoms with E-state index in [2.05, 4.69) is 31.0 Å². The predicted octanol–water partition coefficient (Wildman–Crippen LogP) is 1.66. The van der Waals surface area contributed by atoms with E-state index >= 15 is 0 Å². The number of aromatic nitrogens is 4. The predicted molar refractivity (Wildman–Crippen MR) is 56.3 cm³/mol. The molecule has 2 N–H and O–H groups in total. The van der Waals surface area contributed by atoms with E-state index in [0.717, 1.165) is 0 Å². The minimum atomic E-state index is 0.389. The second kappa shape index (κ2) is 3.55. The average Bonchev–Trinajstić information content (AvgIpc) is 2.48. The fourth-order valence-electron chi connectivity index (χ4n) is 0.949. The number of hydrogen-bond acceptors (Lipinski definition) is 4. The lowest BCUT2D eigenvalue weighted by Crippen LogP contribution is -2.00. The summed E-state index contributed by atoms with van der Waals surface area (Å²) >= 11 is 9.12. The van der Waals surface area contributed by atoms with Crippen LogP contribution in [0.1, 0.15) is 0 Å². The molecule has 0 unspecified atom stereocenters. The summed E-state index contributed by atoms with van der Waals surface area (Å²) in [5, 5.41) is 4.43. The first-order valence-corrected chi connectivity index (χ1v) is 4.82. The highest BCUT2D eigenvalue weighted by Crippen LogP contribution is 2.21. The van der Waals surface area contributed by atoms with Gasteiger partial charge >= 0.3 is 0 Å². The van der Waals surface area contributed by atoms with Gasteiger partial charge in [0.2, 0.25) is 0 Å². The van der Waals surface area contributed by atoms with Crippen molar-refractivity contribution >= 4 is 33.3 Å². The lowest BCUT2D eigenvalue weighted by Gasteiger charge is -2.00. The van der Waals surface area contributed by atoms with Gasteiger partial charge in [-0.1, -0.05) is 11.6 Å². The van der Waals surface area contributed by atoms with Crippen LogP contribution in [0.15, 0.2) is 23.2 Å². The maximum atomic E-state index is 5.88. The Morgan fingerprint density at radius 2 is 2.29 bits per heavy atom. The second-order valence-electron chi connectivity index (χ2n) is 2.50. The van der Waals surface area contributed by atoms with Crippen molar-refractivity contribution in [1.29, 1.82) is 0 Å². The van der Waals surface area contributed by atoms with Crippen LogP contribution in [0.4, 0.5) is 5.82 Å². The summed E-state index contributed by atoms with van der Waals surface area (Å²) in [6.45, 7) is 0. The Hall–Kier alpha value is -1.14. The van der Waals surface area contributed by atoms with Gasteiger partial charge in [0, 0.05) is 6.20 Å². The molecule has 0 saturated heterocycles. The van der Waals surface area contributed by atoms with Crippen LogP contribution in [0.5, 0.6) is 0 Å². The van der Waals surface area contributed by atoms with Gasteiger partial charge < -0.3 is 5.73 Å². The smallest absolute Gasteiger partial charge is 0.175 e. The summed E-state index contributed by atoms with van der Waals surface area (Å²) < 4.78 is 2.19. The Bertz CT molecular complexity index is 449.